The Morgan fingerprint density at radius 3 is 2.75 bits per heavy atom. The van der Waals surface area contributed by atoms with Gasteiger partial charge in [0.1, 0.15) is 11.5 Å². The van der Waals surface area contributed by atoms with Gasteiger partial charge in [-0.3, -0.25) is 15.0 Å². The summed E-state index contributed by atoms with van der Waals surface area (Å²) in [6.07, 6.45) is 1.79. The van der Waals surface area contributed by atoms with Gasteiger partial charge in [0.05, 0.1) is 23.7 Å². The summed E-state index contributed by atoms with van der Waals surface area (Å²) in [6, 6.07) is 8.26. The van der Waals surface area contributed by atoms with Crippen LogP contribution in [0.15, 0.2) is 34.7 Å². The highest BCUT2D eigenvalue weighted by Crippen LogP contribution is 2.33. The Kier molecular flexibility index (Phi) is 5.50. The van der Waals surface area contributed by atoms with Gasteiger partial charge in [-0.05, 0) is 37.2 Å². The zero-order valence-corrected chi connectivity index (χ0v) is 14.0. The predicted molar refractivity (Wildman–Crippen MR) is 91.4 cm³/mol. The Bertz CT molecular complexity index is 710. The summed E-state index contributed by atoms with van der Waals surface area (Å²) in [6.45, 7) is 4.54. The molecule has 0 radical (unpaired) electrons. The average Bonchev–Trinajstić information content (AvgIpc) is 3.04. The number of halogens is 1. The predicted octanol–water partition coefficient (Wildman–Crippen LogP) is 3.77. The number of ether oxygens (including phenoxy) is 1. The first-order valence-corrected chi connectivity index (χ1v) is 8.34. The van der Waals surface area contributed by atoms with E-state index in [2.05, 4.69) is 4.90 Å². The van der Waals surface area contributed by atoms with Crippen molar-refractivity contribution in [2.75, 3.05) is 32.8 Å². The van der Waals surface area contributed by atoms with Crippen LogP contribution >= 0.6 is 11.6 Å². The molecule has 0 aliphatic carbocycles. The number of furan rings is 1. The minimum Gasteiger partial charge on any atom is -0.461 e. The van der Waals surface area contributed by atoms with Crippen molar-refractivity contribution in [3.05, 3.63) is 51.2 Å². The van der Waals surface area contributed by atoms with Crippen LogP contribution in [0, 0.1) is 10.1 Å². The molecule has 0 N–H and O–H groups in total. The fourth-order valence-electron chi connectivity index (χ4n) is 2.82. The maximum Gasteiger partial charge on any atom is 0.281 e. The molecule has 1 aliphatic heterocycles. The van der Waals surface area contributed by atoms with Crippen molar-refractivity contribution in [3.63, 3.8) is 0 Å². The molecule has 2 aromatic rings. The fourth-order valence-corrected chi connectivity index (χ4v) is 2.99. The molecule has 1 aromatic heterocycles. The van der Waals surface area contributed by atoms with Gasteiger partial charge < -0.3 is 9.15 Å². The van der Waals surface area contributed by atoms with Crippen molar-refractivity contribution in [2.45, 2.75) is 12.8 Å². The van der Waals surface area contributed by atoms with E-state index in [1.165, 1.54) is 6.07 Å². The van der Waals surface area contributed by atoms with Crippen LogP contribution in [-0.4, -0.2) is 42.7 Å². The minimum atomic E-state index is -0.443. The third kappa shape index (κ3) is 4.14. The lowest BCUT2D eigenvalue weighted by Gasteiger charge is -2.26. The van der Waals surface area contributed by atoms with Crippen LogP contribution in [0.5, 0.6) is 0 Å². The van der Waals surface area contributed by atoms with Gasteiger partial charge in [0, 0.05) is 30.6 Å². The largest absolute Gasteiger partial charge is 0.461 e. The van der Waals surface area contributed by atoms with Crippen molar-refractivity contribution in [1.82, 2.24) is 4.90 Å². The van der Waals surface area contributed by atoms with Crippen LogP contribution in [0.1, 0.15) is 12.2 Å². The van der Waals surface area contributed by atoms with E-state index in [0.29, 0.717) is 16.3 Å². The smallest absolute Gasteiger partial charge is 0.281 e. The van der Waals surface area contributed by atoms with E-state index in [0.717, 1.165) is 51.4 Å². The number of morpholine rings is 1. The van der Waals surface area contributed by atoms with Crippen molar-refractivity contribution in [1.29, 1.82) is 0 Å². The zero-order chi connectivity index (χ0) is 16.9. The van der Waals surface area contributed by atoms with Crippen LogP contribution in [0.4, 0.5) is 5.69 Å². The Labute approximate surface area is 145 Å². The van der Waals surface area contributed by atoms with Crippen molar-refractivity contribution >= 4 is 17.3 Å². The van der Waals surface area contributed by atoms with Gasteiger partial charge in [0.15, 0.2) is 0 Å². The summed E-state index contributed by atoms with van der Waals surface area (Å²) < 4.78 is 11.1. The molecule has 7 heteroatoms. The molecule has 1 fully saturated rings. The lowest BCUT2D eigenvalue weighted by molar-refractivity contribution is -0.384. The molecule has 0 spiro atoms. The number of benzene rings is 1. The number of aryl methyl sites for hydroxylation is 1. The normalized spacial score (nSPS) is 15.5. The van der Waals surface area contributed by atoms with Gasteiger partial charge in [-0.15, -0.1) is 0 Å². The second-order valence-electron chi connectivity index (χ2n) is 5.74. The molecule has 1 aromatic carbocycles. The number of hydrogen-bond acceptors (Lipinski definition) is 5. The summed E-state index contributed by atoms with van der Waals surface area (Å²) in [5.74, 6) is 1.34. The van der Waals surface area contributed by atoms with Crippen molar-refractivity contribution in [3.8, 4) is 11.3 Å². The molecule has 1 aliphatic rings. The van der Waals surface area contributed by atoms with Gasteiger partial charge in [0.2, 0.25) is 0 Å². The molecule has 2 heterocycles. The quantitative estimate of drug-likeness (QED) is 0.586. The van der Waals surface area contributed by atoms with E-state index >= 15 is 0 Å². The SMILES string of the molecule is O=[N+]([O-])c1cc(Cl)ccc1-c1ccc(CCCN2CCOCC2)o1. The molecule has 1 saturated heterocycles. The fraction of sp³-hybridized carbons (Fsp3) is 0.412. The highest BCUT2D eigenvalue weighted by atomic mass is 35.5. The highest BCUT2D eigenvalue weighted by molar-refractivity contribution is 6.30. The number of nitro benzene ring substituents is 1. The van der Waals surface area contributed by atoms with Crippen LogP contribution in [0.25, 0.3) is 11.3 Å². The van der Waals surface area contributed by atoms with Gasteiger partial charge >= 0.3 is 0 Å². The summed E-state index contributed by atoms with van der Waals surface area (Å²) in [4.78, 5) is 13.1. The van der Waals surface area contributed by atoms with Gasteiger partial charge in [-0.2, -0.15) is 0 Å². The molecule has 0 unspecified atom stereocenters. The van der Waals surface area contributed by atoms with E-state index in [1.807, 2.05) is 6.07 Å². The van der Waals surface area contributed by atoms with E-state index in [-0.39, 0.29) is 5.69 Å². The van der Waals surface area contributed by atoms with Crippen LogP contribution in [0.2, 0.25) is 5.02 Å². The minimum absolute atomic E-state index is 0.0447. The number of nitro groups is 1. The van der Waals surface area contributed by atoms with Crippen molar-refractivity contribution < 1.29 is 14.1 Å². The zero-order valence-electron chi connectivity index (χ0n) is 13.2. The van der Waals surface area contributed by atoms with Gasteiger partial charge in [-0.25, -0.2) is 0 Å². The number of rotatable bonds is 6. The molecule has 6 nitrogen and oxygen atoms in total. The van der Waals surface area contributed by atoms with Crippen LogP contribution in [0.3, 0.4) is 0 Å². The van der Waals surface area contributed by atoms with Crippen LogP contribution in [-0.2, 0) is 11.2 Å². The number of hydrogen-bond donors (Lipinski definition) is 0. The van der Waals surface area contributed by atoms with Crippen molar-refractivity contribution in [2.24, 2.45) is 0 Å². The lowest BCUT2D eigenvalue weighted by Crippen LogP contribution is -2.36. The molecule has 3 rings (SSSR count). The lowest BCUT2D eigenvalue weighted by atomic mass is 10.1. The van der Waals surface area contributed by atoms with Gasteiger partial charge in [-0.1, -0.05) is 11.6 Å². The Hall–Kier alpha value is -1.89. The molecule has 0 bridgehead atoms. The Balaban J connectivity index is 1.64. The summed E-state index contributed by atoms with van der Waals surface area (Å²) in [5.41, 5.74) is 0.403. The third-order valence-corrected chi connectivity index (χ3v) is 4.32. The highest BCUT2D eigenvalue weighted by Gasteiger charge is 2.19. The first-order valence-electron chi connectivity index (χ1n) is 7.96. The first-order chi connectivity index (χ1) is 11.6. The van der Waals surface area contributed by atoms with E-state index in [9.17, 15) is 10.1 Å². The Morgan fingerprint density at radius 1 is 1.21 bits per heavy atom. The maximum atomic E-state index is 11.2. The standard InChI is InChI=1S/C17H19ClN2O4/c18-13-3-5-15(16(12-13)20(21)22)17-6-4-14(24-17)2-1-7-19-8-10-23-11-9-19/h3-6,12H,1-2,7-11H2. The molecule has 0 saturated carbocycles. The Morgan fingerprint density at radius 2 is 2.00 bits per heavy atom. The summed E-state index contributed by atoms with van der Waals surface area (Å²) in [7, 11) is 0. The molecule has 128 valence electrons. The third-order valence-electron chi connectivity index (χ3n) is 4.08. The summed E-state index contributed by atoms with van der Waals surface area (Å²) >= 11 is 5.85. The molecular weight excluding hydrogens is 332 g/mol. The monoisotopic (exact) mass is 350 g/mol. The average molecular weight is 351 g/mol. The number of nitrogens with zero attached hydrogens (tertiary/aromatic N) is 2. The molecule has 0 amide bonds. The second kappa shape index (κ2) is 7.79. The molecule has 0 atom stereocenters. The maximum absolute atomic E-state index is 11.2. The molecule has 24 heavy (non-hydrogen) atoms. The second-order valence-corrected chi connectivity index (χ2v) is 6.18. The van der Waals surface area contributed by atoms with E-state index in [4.69, 9.17) is 20.8 Å². The van der Waals surface area contributed by atoms with Gasteiger partial charge in [0.25, 0.3) is 5.69 Å². The van der Waals surface area contributed by atoms with E-state index in [1.54, 1.807) is 18.2 Å². The van der Waals surface area contributed by atoms with Crippen LogP contribution < -0.4 is 0 Å². The topological polar surface area (TPSA) is 68.8 Å². The van der Waals surface area contributed by atoms with E-state index < -0.39 is 4.92 Å². The first kappa shape index (κ1) is 17.0. The summed E-state index contributed by atoms with van der Waals surface area (Å²) in [5, 5.41) is 11.5. The molecular formula is C17H19ClN2O4.